The molecule has 0 bridgehead atoms. The molecule has 0 nitrogen and oxygen atoms in total. The van der Waals surface area contributed by atoms with Gasteiger partial charge in [-0.1, -0.05) is 0 Å². The Morgan fingerprint density at radius 2 is 2.00 bits per heavy atom. The molecule has 0 aromatic rings. The first kappa shape index (κ1) is 15.6. The van der Waals surface area contributed by atoms with E-state index in [9.17, 15) is 0 Å². The normalized spacial score (nSPS) is 14.8. The summed E-state index contributed by atoms with van der Waals surface area (Å²) < 4.78 is 1.53. The van der Waals surface area contributed by atoms with Crippen molar-refractivity contribution in [2.24, 2.45) is 0 Å². The van der Waals surface area contributed by atoms with E-state index in [0.29, 0.717) is 5.25 Å². The average molecular weight is 258 g/mol. The molecule has 12 heavy (non-hydrogen) atoms. The minimum absolute atomic E-state index is 0. The van der Waals surface area contributed by atoms with Crippen LogP contribution in [0.15, 0.2) is 20.9 Å². The van der Waals surface area contributed by atoms with Crippen molar-refractivity contribution < 1.29 is 45.2 Å². The van der Waals surface area contributed by atoms with Crippen LogP contribution in [0.5, 0.6) is 0 Å². The van der Waals surface area contributed by atoms with Crippen molar-refractivity contribution >= 4 is 11.8 Å². The summed E-state index contributed by atoms with van der Waals surface area (Å²) in [7, 11) is 0. The smallest absolute Gasteiger partial charge is 1.00 e. The van der Waals surface area contributed by atoms with Crippen molar-refractivity contribution in [3.05, 3.63) is 20.9 Å². The molecule has 1 aliphatic carbocycles. The van der Waals surface area contributed by atoms with Gasteiger partial charge in [0.25, 0.3) is 0 Å². The second-order valence-electron chi connectivity index (χ2n) is 2.62. The number of rotatable bonds is 2. The van der Waals surface area contributed by atoms with E-state index in [1.165, 1.54) is 8.78 Å². The van der Waals surface area contributed by atoms with Gasteiger partial charge in [0.2, 0.25) is 0 Å². The molecule has 0 N–H and O–H groups in total. The minimum atomic E-state index is 0. The Bertz CT molecular complexity index is 187. The average Bonchev–Trinajstić information content (AvgIpc) is 2.15. The number of hydrogen-bond acceptors (Lipinski definition) is 1. The third kappa shape index (κ3) is 4.98. The van der Waals surface area contributed by atoms with Gasteiger partial charge in [-0.15, -0.1) is 0 Å². The van der Waals surface area contributed by atoms with Gasteiger partial charge in [-0.05, 0) is 0 Å². The summed E-state index contributed by atoms with van der Waals surface area (Å²) in [6, 6.07) is 0. The summed E-state index contributed by atoms with van der Waals surface area (Å²) in [4.78, 5) is 1.48. The number of hydrogen-bond donors (Lipinski definition) is 0. The van der Waals surface area contributed by atoms with Gasteiger partial charge in [-0.3, -0.25) is 0 Å². The first-order valence-electron chi connectivity index (χ1n) is 3.48. The number of thioether (sulfide) groups is 1. The van der Waals surface area contributed by atoms with Crippen molar-refractivity contribution in [3.8, 4) is 0 Å². The Morgan fingerprint density at radius 3 is 2.33 bits per heavy atom. The fourth-order valence-electron chi connectivity index (χ4n) is 0.849. The van der Waals surface area contributed by atoms with E-state index in [4.69, 9.17) is 0 Å². The van der Waals surface area contributed by atoms with E-state index in [1.54, 1.807) is 0 Å². The molecule has 0 heterocycles. The molecule has 1 rings (SSSR count). The van der Waals surface area contributed by atoms with E-state index in [0.717, 1.165) is 6.42 Å². The molecule has 0 radical (unpaired) electrons. The van der Waals surface area contributed by atoms with Crippen LogP contribution in [0.25, 0.3) is 0 Å². The maximum atomic E-state index is 2.24. The summed E-state index contributed by atoms with van der Waals surface area (Å²) >= 11 is 4.18. The topological polar surface area (TPSA) is 0 Å². The predicted molar refractivity (Wildman–Crippen MR) is 43.5 cm³/mol. The fraction of sp³-hybridized carbons (Fsp3) is 0.500. The van der Waals surface area contributed by atoms with Gasteiger partial charge < -0.3 is 24.8 Å². The van der Waals surface area contributed by atoms with E-state index < -0.39 is 0 Å². The Kier molecular flexibility index (Phi) is 9.77. The second-order valence-corrected chi connectivity index (χ2v) is 5.18. The summed E-state index contributed by atoms with van der Waals surface area (Å²) in [5.41, 5.74) is 0. The largest absolute Gasteiger partial charge is 1.00 e. The number of allylic oxidation sites excluding steroid dienone is 3. The molecule has 0 saturated carbocycles. The van der Waals surface area contributed by atoms with Gasteiger partial charge in [0.05, 0.1) is 0 Å². The molecule has 67 valence electrons. The van der Waals surface area contributed by atoms with Crippen LogP contribution in [0.3, 0.4) is 0 Å². The third-order valence-electron chi connectivity index (χ3n) is 1.25. The SMILES string of the molecule is CC(C)SC1=[C]([Ti+2])CC=C1.[Cl-].[Cl-]. The van der Waals surface area contributed by atoms with Crippen LogP contribution >= 0.6 is 11.8 Å². The summed E-state index contributed by atoms with van der Waals surface area (Å²) in [5, 5.41) is 0.715. The molecule has 4 heteroatoms. The molecule has 0 spiro atoms. The quantitative estimate of drug-likeness (QED) is 0.472. The second kappa shape index (κ2) is 7.52. The summed E-state index contributed by atoms with van der Waals surface area (Å²) in [5.74, 6) is 0. The van der Waals surface area contributed by atoms with E-state index in [2.05, 4.69) is 46.4 Å². The van der Waals surface area contributed by atoms with Gasteiger partial charge in [0.1, 0.15) is 0 Å². The van der Waals surface area contributed by atoms with Crippen LogP contribution in [-0.4, -0.2) is 5.25 Å². The molecule has 0 aromatic carbocycles. The molecular weight excluding hydrogens is 247 g/mol. The van der Waals surface area contributed by atoms with Crippen LogP contribution in [0, 0.1) is 0 Å². The molecule has 0 aromatic heterocycles. The molecule has 1 aliphatic rings. The zero-order valence-corrected chi connectivity index (χ0v) is 11.0. The fourth-order valence-corrected chi connectivity index (χ4v) is 2.35. The van der Waals surface area contributed by atoms with Gasteiger partial charge in [0.15, 0.2) is 0 Å². The molecular formula is C8H11Cl2STi. The first-order chi connectivity index (χ1) is 4.70. The van der Waals surface area contributed by atoms with Crippen LogP contribution in [0.4, 0.5) is 0 Å². The van der Waals surface area contributed by atoms with Crippen LogP contribution < -0.4 is 24.8 Å². The van der Waals surface area contributed by atoms with Crippen LogP contribution in [0.2, 0.25) is 0 Å². The van der Waals surface area contributed by atoms with Crippen molar-refractivity contribution in [1.29, 1.82) is 0 Å². The molecule has 0 atom stereocenters. The van der Waals surface area contributed by atoms with Crippen molar-refractivity contribution in [2.45, 2.75) is 25.5 Å². The van der Waals surface area contributed by atoms with Crippen molar-refractivity contribution in [2.75, 3.05) is 0 Å². The Hall–Kier alpha value is 1.12. The molecule has 0 aliphatic heterocycles. The standard InChI is InChI=1S/C8H11S.2ClH.Ti/c1-7(2)9-8-5-3-4-6-8;;;/h3,5,7H,4H2,1-2H3;2*1H;/q;;;+2/p-2. The summed E-state index contributed by atoms with van der Waals surface area (Å²) in [6.45, 7) is 4.47. The van der Waals surface area contributed by atoms with Crippen LogP contribution in [-0.2, 0) is 20.4 Å². The molecule has 0 fully saturated rings. The zero-order chi connectivity index (χ0) is 7.56. The van der Waals surface area contributed by atoms with E-state index in [1.807, 2.05) is 11.8 Å². The maximum absolute atomic E-state index is 2.24. The molecule has 0 amide bonds. The zero-order valence-electron chi connectivity index (χ0n) is 7.10. The van der Waals surface area contributed by atoms with Gasteiger partial charge in [0, 0.05) is 0 Å². The minimum Gasteiger partial charge on any atom is -1.00 e. The first-order valence-corrected chi connectivity index (χ1v) is 5.14. The van der Waals surface area contributed by atoms with Crippen LogP contribution in [0.1, 0.15) is 20.3 Å². The maximum Gasteiger partial charge on any atom is -1.00 e. The van der Waals surface area contributed by atoms with E-state index in [-0.39, 0.29) is 24.8 Å². The predicted octanol–water partition coefficient (Wildman–Crippen LogP) is -3.15. The van der Waals surface area contributed by atoms with Gasteiger partial charge in [-0.2, -0.15) is 0 Å². The van der Waals surface area contributed by atoms with Gasteiger partial charge >= 0.3 is 78.7 Å². The Morgan fingerprint density at radius 1 is 1.42 bits per heavy atom. The summed E-state index contributed by atoms with van der Waals surface area (Å²) in [6.07, 6.45) is 5.63. The monoisotopic (exact) mass is 257 g/mol. The van der Waals surface area contributed by atoms with E-state index >= 15 is 0 Å². The Balaban J connectivity index is 0. The van der Waals surface area contributed by atoms with Gasteiger partial charge in [-0.25, -0.2) is 0 Å². The van der Waals surface area contributed by atoms with Crippen molar-refractivity contribution in [3.63, 3.8) is 0 Å². The molecule has 0 unspecified atom stereocenters. The van der Waals surface area contributed by atoms with Crippen molar-refractivity contribution in [1.82, 2.24) is 0 Å². The Labute approximate surface area is 103 Å². The molecule has 0 saturated heterocycles. The third-order valence-corrected chi connectivity index (χ3v) is 3.38. The number of halogens is 2.